The number of aliphatic hydroxyl groups excluding tert-OH is 1. The van der Waals surface area contributed by atoms with E-state index in [1.54, 1.807) is 18.2 Å². The number of hydrogen-bond acceptors (Lipinski definition) is 4. The third kappa shape index (κ3) is 3.13. The highest BCUT2D eigenvalue weighted by molar-refractivity contribution is 6.18. The maximum Gasteiger partial charge on any atom is 0.101 e. The van der Waals surface area contributed by atoms with Crippen molar-refractivity contribution >= 4 is 17.3 Å². The van der Waals surface area contributed by atoms with Crippen LogP contribution in [0.25, 0.3) is 0 Å². The van der Waals surface area contributed by atoms with Gasteiger partial charge in [-0.05, 0) is 18.2 Å². The van der Waals surface area contributed by atoms with Gasteiger partial charge in [-0.3, -0.25) is 0 Å². The number of aliphatic hydroxyl groups is 1. The van der Waals surface area contributed by atoms with Gasteiger partial charge in [0.25, 0.3) is 0 Å². The van der Waals surface area contributed by atoms with Crippen LogP contribution in [0.5, 0.6) is 0 Å². The molecule has 4 nitrogen and oxygen atoms in total. The number of nitrogens with one attached hydrogen (secondary N) is 1. The zero-order valence-electron chi connectivity index (χ0n) is 8.44. The van der Waals surface area contributed by atoms with Crippen molar-refractivity contribution < 1.29 is 5.11 Å². The summed E-state index contributed by atoms with van der Waals surface area (Å²) >= 11 is 5.44. The first kappa shape index (κ1) is 12.3. The van der Waals surface area contributed by atoms with Crippen molar-refractivity contribution in [1.82, 2.24) is 0 Å². The van der Waals surface area contributed by atoms with Crippen LogP contribution in [0.2, 0.25) is 0 Å². The van der Waals surface area contributed by atoms with Crippen LogP contribution in [-0.2, 0) is 0 Å². The van der Waals surface area contributed by atoms with Crippen molar-refractivity contribution in [3.05, 3.63) is 29.3 Å². The molecule has 1 unspecified atom stereocenters. The Hall–Kier alpha value is -1.75. The summed E-state index contributed by atoms with van der Waals surface area (Å²) in [6, 6.07) is 8.68. The fourth-order valence-electron chi connectivity index (χ4n) is 1.13. The van der Waals surface area contributed by atoms with Crippen LogP contribution in [-0.4, -0.2) is 23.6 Å². The van der Waals surface area contributed by atoms with Gasteiger partial charge in [-0.2, -0.15) is 10.5 Å². The number of halogens is 1. The maximum atomic E-state index is 9.23. The summed E-state index contributed by atoms with van der Waals surface area (Å²) in [7, 11) is 0. The first-order valence-electron chi connectivity index (χ1n) is 4.63. The maximum absolute atomic E-state index is 9.23. The van der Waals surface area contributed by atoms with E-state index in [4.69, 9.17) is 22.1 Å². The van der Waals surface area contributed by atoms with Crippen LogP contribution in [0.1, 0.15) is 11.1 Å². The summed E-state index contributed by atoms with van der Waals surface area (Å²) in [5, 5.41) is 29.7. The van der Waals surface area contributed by atoms with Gasteiger partial charge in [-0.25, -0.2) is 0 Å². The molecule has 0 radical (unpaired) electrons. The topological polar surface area (TPSA) is 79.8 Å². The van der Waals surface area contributed by atoms with Crippen LogP contribution in [0.3, 0.4) is 0 Å². The molecule has 0 aromatic heterocycles. The summed E-state index contributed by atoms with van der Waals surface area (Å²) in [4.78, 5) is 0. The first-order chi connectivity index (χ1) is 7.71. The Kier molecular flexibility index (Phi) is 4.60. The van der Waals surface area contributed by atoms with Crippen molar-refractivity contribution in [2.75, 3.05) is 17.7 Å². The van der Waals surface area contributed by atoms with Crippen molar-refractivity contribution in [2.24, 2.45) is 0 Å². The summed E-state index contributed by atoms with van der Waals surface area (Å²) in [5.41, 5.74) is 1.33. The van der Waals surface area contributed by atoms with Gasteiger partial charge in [0.15, 0.2) is 0 Å². The molecule has 0 heterocycles. The SMILES string of the molecule is N#Cc1ccc(NCC(O)CCl)cc1C#N. The normalized spacial score (nSPS) is 11.2. The van der Waals surface area contributed by atoms with E-state index in [-0.39, 0.29) is 5.88 Å². The summed E-state index contributed by atoms with van der Waals surface area (Å²) in [6.45, 7) is 0.306. The second-order valence-electron chi connectivity index (χ2n) is 3.17. The molecular weight excluding hydrogens is 226 g/mol. The molecule has 5 heteroatoms. The van der Waals surface area contributed by atoms with Crippen LogP contribution in [0.4, 0.5) is 5.69 Å². The Bertz CT molecular complexity index is 448. The zero-order chi connectivity index (χ0) is 12.0. The molecule has 0 saturated heterocycles. The fraction of sp³-hybridized carbons (Fsp3) is 0.273. The number of rotatable bonds is 4. The molecule has 2 N–H and O–H groups in total. The van der Waals surface area contributed by atoms with E-state index in [9.17, 15) is 5.11 Å². The van der Waals surface area contributed by atoms with E-state index in [0.29, 0.717) is 23.4 Å². The number of hydrogen-bond donors (Lipinski definition) is 2. The molecule has 82 valence electrons. The fourth-order valence-corrected chi connectivity index (χ4v) is 1.24. The van der Waals surface area contributed by atoms with E-state index in [1.807, 2.05) is 12.1 Å². The van der Waals surface area contributed by atoms with Crippen molar-refractivity contribution in [1.29, 1.82) is 10.5 Å². The van der Waals surface area contributed by atoms with Crippen molar-refractivity contribution in [3.63, 3.8) is 0 Å². The van der Waals surface area contributed by atoms with Gasteiger partial charge in [0.2, 0.25) is 0 Å². The molecule has 0 aliphatic heterocycles. The quantitative estimate of drug-likeness (QED) is 0.774. The molecule has 1 rings (SSSR count). The predicted molar refractivity (Wildman–Crippen MR) is 61.1 cm³/mol. The largest absolute Gasteiger partial charge is 0.390 e. The molecule has 0 bridgehead atoms. The molecule has 0 spiro atoms. The Morgan fingerprint density at radius 3 is 2.56 bits per heavy atom. The molecular formula is C11H10ClN3O. The molecule has 1 atom stereocenters. The highest BCUT2D eigenvalue weighted by Crippen LogP contribution is 2.14. The zero-order valence-corrected chi connectivity index (χ0v) is 9.20. The lowest BCUT2D eigenvalue weighted by Crippen LogP contribution is -2.20. The molecule has 0 aliphatic carbocycles. The van der Waals surface area contributed by atoms with E-state index in [1.165, 1.54) is 0 Å². The lowest BCUT2D eigenvalue weighted by atomic mass is 10.1. The standard InChI is InChI=1S/C11H10ClN3O/c12-4-11(16)7-15-10-2-1-8(5-13)9(3-10)6-14/h1-3,11,15-16H,4,7H2. The molecule has 0 aliphatic rings. The van der Waals surface area contributed by atoms with E-state index in [0.717, 1.165) is 0 Å². The molecule has 0 saturated carbocycles. The van der Waals surface area contributed by atoms with E-state index < -0.39 is 6.10 Å². The first-order valence-corrected chi connectivity index (χ1v) is 5.17. The Morgan fingerprint density at radius 1 is 1.31 bits per heavy atom. The van der Waals surface area contributed by atoms with Gasteiger partial charge >= 0.3 is 0 Å². The van der Waals surface area contributed by atoms with Crippen LogP contribution in [0.15, 0.2) is 18.2 Å². The van der Waals surface area contributed by atoms with Gasteiger partial charge in [0.05, 0.1) is 23.1 Å². The number of alkyl halides is 1. The Labute approximate surface area is 98.7 Å². The number of nitriles is 2. The average Bonchev–Trinajstić information content (AvgIpc) is 2.35. The van der Waals surface area contributed by atoms with Gasteiger partial charge < -0.3 is 10.4 Å². The third-order valence-corrected chi connectivity index (χ3v) is 2.34. The monoisotopic (exact) mass is 235 g/mol. The minimum atomic E-state index is -0.636. The average molecular weight is 236 g/mol. The lowest BCUT2D eigenvalue weighted by Gasteiger charge is -2.10. The Balaban J connectivity index is 2.77. The molecule has 1 aromatic rings. The van der Waals surface area contributed by atoms with Gasteiger partial charge in [0, 0.05) is 12.2 Å². The number of nitrogens with zero attached hydrogens (tertiary/aromatic N) is 2. The van der Waals surface area contributed by atoms with Crippen LogP contribution in [0, 0.1) is 22.7 Å². The lowest BCUT2D eigenvalue weighted by molar-refractivity contribution is 0.211. The van der Waals surface area contributed by atoms with Crippen LogP contribution >= 0.6 is 11.6 Å². The second-order valence-corrected chi connectivity index (χ2v) is 3.48. The van der Waals surface area contributed by atoms with Gasteiger partial charge in [-0.15, -0.1) is 11.6 Å². The molecule has 1 aromatic carbocycles. The number of anilines is 1. The molecule has 0 fully saturated rings. The van der Waals surface area contributed by atoms with Crippen molar-refractivity contribution in [3.8, 4) is 12.1 Å². The highest BCUT2D eigenvalue weighted by atomic mass is 35.5. The van der Waals surface area contributed by atoms with Crippen LogP contribution < -0.4 is 5.32 Å². The summed E-state index contributed by atoms with van der Waals surface area (Å²) in [5.74, 6) is 0.147. The molecule has 0 amide bonds. The third-order valence-electron chi connectivity index (χ3n) is 1.98. The predicted octanol–water partition coefficient (Wildman–Crippen LogP) is 1.44. The summed E-state index contributed by atoms with van der Waals surface area (Å²) < 4.78 is 0. The number of benzene rings is 1. The van der Waals surface area contributed by atoms with E-state index >= 15 is 0 Å². The highest BCUT2D eigenvalue weighted by Gasteiger charge is 2.04. The van der Waals surface area contributed by atoms with Crippen molar-refractivity contribution in [2.45, 2.75) is 6.10 Å². The molecule has 16 heavy (non-hydrogen) atoms. The van der Waals surface area contributed by atoms with Gasteiger partial charge in [-0.1, -0.05) is 0 Å². The Morgan fingerprint density at radius 2 is 2.00 bits per heavy atom. The van der Waals surface area contributed by atoms with Gasteiger partial charge in [0.1, 0.15) is 12.1 Å². The minimum absolute atomic E-state index is 0.147. The minimum Gasteiger partial charge on any atom is -0.390 e. The van der Waals surface area contributed by atoms with E-state index in [2.05, 4.69) is 5.32 Å². The smallest absolute Gasteiger partial charge is 0.101 e. The summed E-state index contributed by atoms with van der Waals surface area (Å²) in [6.07, 6.45) is -0.636. The second kappa shape index (κ2) is 5.97.